The third-order valence-electron chi connectivity index (χ3n) is 1.95. The average Bonchev–Trinajstić information content (AvgIpc) is 2.22. The number of cyclic esters (lactones) is 2. The monoisotopic (exact) mass is 233 g/mol. The Balaban J connectivity index is 2.04. The van der Waals surface area contributed by atoms with Gasteiger partial charge in [0, 0.05) is 6.54 Å². The van der Waals surface area contributed by atoms with Gasteiger partial charge in [-0.25, -0.2) is 0 Å². The molecule has 0 aromatic carbocycles. The van der Waals surface area contributed by atoms with Crippen LogP contribution in [0.25, 0.3) is 0 Å². The van der Waals surface area contributed by atoms with Gasteiger partial charge in [-0.1, -0.05) is 0 Å². The molecule has 92 valence electrons. The lowest BCUT2D eigenvalue weighted by atomic mass is 10.4. The van der Waals surface area contributed by atoms with Crippen molar-refractivity contribution in [3.63, 3.8) is 0 Å². The minimum absolute atomic E-state index is 0.113. The van der Waals surface area contributed by atoms with E-state index in [4.69, 9.17) is 9.84 Å². The molecule has 16 heavy (non-hydrogen) atoms. The molecule has 7 nitrogen and oxygen atoms in total. The number of hydrogen-bond donors (Lipinski definition) is 1. The van der Waals surface area contributed by atoms with Gasteiger partial charge in [0.1, 0.15) is 6.79 Å². The van der Waals surface area contributed by atoms with Crippen molar-refractivity contribution in [1.29, 1.82) is 0 Å². The van der Waals surface area contributed by atoms with E-state index in [1.54, 1.807) is 4.90 Å². The van der Waals surface area contributed by atoms with Crippen molar-refractivity contribution < 1.29 is 28.9 Å². The summed E-state index contributed by atoms with van der Waals surface area (Å²) in [7, 11) is 0. The Kier molecular flexibility index (Phi) is 5.94. The van der Waals surface area contributed by atoms with Crippen LogP contribution in [-0.4, -0.2) is 68.2 Å². The molecule has 1 aliphatic heterocycles. The fourth-order valence-electron chi connectivity index (χ4n) is 1.25. The van der Waals surface area contributed by atoms with E-state index >= 15 is 0 Å². The van der Waals surface area contributed by atoms with Gasteiger partial charge in [0.15, 0.2) is 0 Å². The first-order chi connectivity index (χ1) is 7.72. The van der Waals surface area contributed by atoms with Gasteiger partial charge in [0.2, 0.25) is 0 Å². The van der Waals surface area contributed by atoms with Gasteiger partial charge in [-0.15, -0.1) is 0 Å². The standard InChI is InChI=1S/C9H15NO6/c11-7-15-4-3-14-2-1-10-5-8(12)16-9(13)6-10/h11H,1-7H2. The second-order valence-corrected chi connectivity index (χ2v) is 3.21. The lowest BCUT2D eigenvalue weighted by Gasteiger charge is -2.23. The van der Waals surface area contributed by atoms with Crippen molar-refractivity contribution in [3.8, 4) is 0 Å². The number of esters is 2. The Hall–Kier alpha value is -1.02. The number of nitrogens with zero attached hydrogens (tertiary/aromatic N) is 1. The van der Waals surface area contributed by atoms with Gasteiger partial charge in [0.05, 0.1) is 32.9 Å². The van der Waals surface area contributed by atoms with Crippen LogP contribution < -0.4 is 0 Å². The smallest absolute Gasteiger partial charge is 0.327 e. The maximum Gasteiger partial charge on any atom is 0.327 e. The first-order valence-electron chi connectivity index (χ1n) is 4.94. The summed E-state index contributed by atoms with van der Waals surface area (Å²) in [5.41, 5.74) is 0. The summed E-state index contributed by atoms with van der Waals surface area (Å²) in [5.74, 6) is -1.06. The van der Waals surface area contributed by atoms with Crippen LogP contribution in [0, 0.1) is 0 Å². The summed E-state index contributed by atoms with van der Waals surface area (Å²) in [6, 6.07) is 0. The zero-order chi connectivity index (χ0) is 11.8. The van der Waals surface area contributed by atoms with E-state index in [1.807, 2.05) is 0 Å². The minimum atomic E-state index is -0.528. The van der Waals surface area contributed by atoms with E-state index in [9.17, 15) is 9.59 Å². The van der Waals surface area contributed by atoms with Crippen LogP contribution in [0.4, 0.5) is 0 Å². The Morgan fingerprint density at radius 2 is 1.75 bits per heavy atom. The summed E-state index contributed by atoms with van der Waals surface area (Å²) in [6.07, 6.45) is 0. The Morgan fingerprint density at radius 1 is 1.12 bits per heavy atom. The number of aliphatic hydroxyl groups excluding tert-OH is 1. The molecule has 0 aromatic rings. The van der Waals surface area contributed by atoms with E-state index in [1.165, 1.54) is 0 Å². The molecule has 1 saturated heterocycles. The molecule has 1 N–H and O–H groups in total. The van der Waals surface area contributed by atoms with Crippen molar-refractivity contribution in [1.82, 2.24) is 4.90 Å². The molecule has 1 aliphatic rings. The highest BCUT2D eigenvalue weighted by molar-refractivity contribution is 5.90. The molecular weight excluding hydrogens is 218 g/mol. The quantitative estimate of drug-likeness (QED) is 0.244. The second kappa shape index (κ2) is 7.29. The number of carbonyl (C=O) groups excluding carboxylic acids is 2. The van der Waals surface area contributed by atoms with Crippen molar-refractivity contribution in [3.05, 3.63) is 0 Å². The molecule has 0 aliphatic carbocycles. The highest BCUT2D eigenvalue weighted by Gasteiger charge is 2.23. The van der Waals surface area contributed by atoms with E-state index in [0.29, 0.717) is 26.4 Å². The summed E-state index contributed by atoms with van der Waals surface area (Å²) in [6.45, 7) is 1.47. The highest BCUT2D eigenvalue weighted by atomic mass is 16.6. The molecule has 7 heteroatoms. The molecule has 1 rings (SSSR count). The zero-order valence-electron chi connectivity index (χ0n) is 8.89. The van der Waals surface area contributed by atoms with Gasteiger partial charge in [-0.2, -0.15) is 0 Å². The van der Waals surface area contributed by atoms with E-state index in [0.717, 1.165) is 0 Å². The Morgan fingerprint density at radius 3 is 2.38 bits per heavy atom. The summed E-state index contributed by atoms with van der Waals surface area (Å²) < 4.78 is 14.2. The molecule has 1 fully saturated rings. The number of hydrogen-bond acceptors (Lipinski definition) is 7. The molecule has 0 radical (unpaired) electrons. The first-order valence-corrected chi connectivity index (χ1v) is 4.94. The van der Waals surface area contributed by atoms with E-state index in [-0.39, 0.29) is 19.9 Å². The molecule has 0 amide bonds. The van der Waals surface area contributed by atoms with Crippen molar-refractivity contribution >= 4 is 11.9 Å². The Bertz CT molecular complexity index is 228. The van der Waals surface area contributed by atoms with Gasteiger partial charge in [-0.3, -0.25) is 14.5 Å². The second-order valence-electron chi connectivity index (χ2n) is 3.21. The molecule has 0 spiro atoms. The highest BCUT2D eigenvalue weighted by Crippen LogP contribution is 1.99. The molecule has 0 unspecified atom stereocenters. The molecule has 0 saturated carbocycles. The zero-order valence-corrected chi connectivity index (χ0v) is 8.89. The molecule has 0 aromatic heterocycles. The van der Waals surface area contributed by atoms with Crippen molar-refractivity contribution in [2.45, 2.75) is 0 Å². The van der Waals surface area contributed by atoms with Gasteiger partial charge in [0.25, 0.3) is 0 Å². The summed E-state index contributed by atoms with van der Waals surface area (Å²) in [5, 5.41) is 8.31. The maximum absolute atomic E-state index is 10.9. The number of aliphatic hydroxyl groups is 1. The fourth-order valence-corrected chi connectivity index (χ4v) is 1.25. The third kappa shape index (κ3) is 5.17. The van der Waals surface area contributed by atoms with Gasteiger partial charge < -0.3 is 19.3 Å². The average molecular weight is 233 g/mol. The number of morpholine rings is 1. The Labute approximate surface area is 92.9 Å². The van der Waals surface area contributed by atoms with Crippen LogP contribution in [0.2, 0.25) is 0 Å². The first kappa shape index (κ1) is 13.0. The van der Waals surface area contributed by atoms with Crippen LogP contribution >= 0.6 is 0 Å². The van der Waals surface area contributed by atoms with Crippen LogP contribution in [0.1, 0.15) is 0 Å². The topological polar surface area (TPSA) is 85.3 Å². The normalized spacial score (nSPS) is 17.6. The van der Waals surface area contributed by atoms with Gasteiger partial charge in [-0.05, 0) is 0 Å². The predicted octanol–water partition coefficient (Wildman–Crippen LogP) is -1.65. The minimum Gasteiger partial charge on any atom is -0.391 e. The van der Waals surface area contributed by atoms with Crippen LogP contribution in [-0.2, 0) is 23.8 Å². The lowest BCUT2D eigenvalue weighted by Crippen LogP contribution is -2.44. The van der Waals surface area contributed by atoms with Crippen LogP contribution in [0.3, 0.4) is 0 Å². The molecular formula is C9H15NO6. The number of rotatable bonds is 7. The van der Waals surface area contributed by atoms with E-state index in [2.05, 4.69) is 9.47 Å². The maximum atomic E-state index is 10.9. The SMILES string of the molecule is O=C1CN(CCOCCOCO)CC(=O)O1. The molecule has 1 heterocycles. The van der Waals surface area contributed by atoms with Crippen molar-refractivity contribution in [2.24, 2.45) is 0 Å². The van der Waals surface area contributed by atoms with Gasteiger partial charge >= 0.3 is 11.9 Å². The molecule has 0 bridgehead atoms. The van der Waals surface area contributed by atoms with Crippen LogP contribution in [0.15, 0.2) is 0 Å². The predicted molar refractivity (Wildman–Crippen MR) is 51.4 cm³/mol. The number of ether oxygens (including phenoxy) is 3. The van der Waals surface area contributed by atoms with E-state index < -0.39 is 11.9 Å². The van der Waals surface area contributed by atoms with Crippen LogP contribution in [0.5, 0.6) is 0 Å². The molecule has 0 atom stereocenters. The van der Waals surface area contributed by atoms with Crippen molar-refractivity contribution in [2.75, 3.05) is 46.2 Å². The third-order valence-corrected chi connectivity index (χ3v) is 1.95. The summed E-state index contributed by atoms with van der Waals surface area (Å²) in [4.78, 5) is 23.4. The summed E-state index contributed by atoms with van der Waals surface area (Å²) >= 11 is 0. The largest absolute Gasteiger partial charge is 0.391 e. The fraction of sp³-hybridized carbons (Fsp3) is 0.778. The number of carbonyl (C=O) groups is 2. The lowest BCUT2D eigenvalue weighted by molar-refractivity contribution is -0.167.